The summed E-state index contributed by atoms with van der Waals surface area (Å²) in [6.07, 6.45) is 6.16. The van der Waals surface area contributed by atoms with Crippen LogP contribution in [0.15, 0.2) is 146 Å². The summed E-state index contributed by atoms with van der Waals surface area (Å²) in [5, 5.41) is 11.8. The predicted octanol–water partition coefficient (Wildman–Crippen LogP) is 13.3. The van der Waals surface area contributed by atoms with Crippen molar-refractivity contribution in [3.8, 4) is 45.4 Å². The highest BCUT2D eigenvalue weighted by Crippen LogP contribution is 2.38. The van der Waals surface area contributed by atoms with Crippen LogP contribution in [0.5, 0.6) is 11.5 Å². The SMILES string of the molecule is CCOC(=O)c1cncc(-n2c(C)ccc2-c2cc(Cl)ccc2OCc2ccc(Cl)cc2)c1.Cc1ccc(-c2cc(Cl)ccc2OCc2ccc(Cl)cc2)n1-c1cncc(C(=O)O)c1. The van der Waals surface area contributed by atoms with E-state index in [1.165, 1.54) is 12.4 Å². The molecule has 0 aliphatic carbocycles. The fourth-order valence-electron chi connectivity index (χ4n) is 6.87. The van der Waals surface area contributed by atoms with E-state index in [1.807, 2.05) is 120 Å². The third-order valence-electron chi connectivity index (χ3n) is 9.92. The molecule has 0 bridgehead atoms. The maximum Gasteiger partial charge on any atom is 0.339 e. The van der Waals surface area contributed by atoms with Gasteiger partial charge in [-0.3, -0.25) is 9.97 Å². The van der Waals surface area contributed by atoms with Gasteiger partial charge in [-0.15, -0.1) is 0 Å². The number of carbonyl (C=O) groups is 2. The lowest BCUT2D eigenvalue weighted by molar-refractivity contribution is 0.0525. The summed E-state index contributed by atoms with van der Waals surface area (Å²) >= 11 is 24.6. The lowest BCUT2D eigenvalue weighted by Gasteiger charge is -2.16. The van der Waals surface area contributed by atoms with Gasteiger partial charge in [0.1, 0.15) is 24.7 Å². The van der Waals surface area contributed by atoms with E-state index in [9.17, 15) is 14.7 Å². The van der Waals surface area contributed by atoms with E-state index in [4.69, 9.17) is 60.6 Å². The van der Waals surface area contributed by atoms with Gasteiger partial charge in [-0.2, -0.15) is 0 Å². The molecule has 1 N–H and O–H groups in total. The maximum atomic E-state index is 12.2. The lowest BCUT2D eigenvalue weighted by Crippen LogP contribution is -2.07. The Bertz CT molecular complexity index is 2930. The van der Waals surface area contributed by atoms with Crippen LogP contribution in [-0.2, 0) is 18.0 Å². The summed E-state index contributed by atoms with van der Waals surface area (Å²) in [6.45, 7) is 6.74. The molecule has 0 amide bonds. The molecule has 324 valence electrons. The van der Waals surface area contributed by atoms with Gasteiger partial charge in [-0.05, 0) is 129 Å². The molecule has 8 aromatic rings. The standard InChI is InChI=1S/C26H22Cl2N2O3.C24H18Cl2N2O3/c1-3-32-26(31)19-12-22(15-29-14-19)30-17(2)4-10-24(30)23-13-21(28)9-11-25(23)33-16-18-5-7-20(27)8-6-18;1-15-2-8-22(28(15)20-10-17(24(29)30)12-27-13-20)21-11-19(26)7-9-23(21)31-14-16-3-5-18(25)6-4-16/h4-15H,3,16H2,1-2H3;2-13H,14H2,1H3,(H,29,30). The van der Waals surface area contributed by atoms with Gasteiger partial charge in [-0.25, -0.2) is 9.59 Å². The van der Waals surface area contributed by atoms with Gasteiger partial charge in [0.05, 0.1) is 52.9 Å². The van der Waals surface area contributed by atoms with Gasteiger partial charge < -0.3 is 28.5 Å². The molecule has 0 aliphatic rings. The highest BCUT2D eigenvalue weighted by atomic mass is 35.5. The van der Waals surface area contributed by atoms with E-state index in [1.54, 1.807) is 43.6 Å². The molecule has 0 fully saturated rings. The topological polar surface area (TPSA) is 118 Å². The molecule has 64 heavy (non-hydrogen) atoms. The van der Waals surface area contributed by atoms with Gasteiger partial charge in [-0.1, -0.05) is 70.7 Å². The van der Waals surface area contributed by atoms with Crippen molar-refractivity contribution in [3.63, 3.8) is 0 Å². The van der Waals surface area contributed by atoms with Gasteiger partial charge in [0, 0.05) is 55.0 Å². The Hall–Kier alpha value is -6.56. The molecule has 4 heterocycles. The molecule has 0 atom stereocenters. The van der Waals surface area contributed by atoms with E-state index >= 15 is 0 Å². The number of hydrogen-bond acceptors (Lipinski definition) is 7. The number of esters is 1. The summed E-state index contributed by atoms with van der Waals surface area (Å²) in [6, 6.07) is 37.2. The quantitative estimate of drug-likeness (QED) is 0.114. The molecule has 0 saturated heterocycles. The average Bonchev–Trinajstić information content (AvgIpc) is 3.88. The molecular weight excluding hydrogens is 894 g/mol. The van der Waals surface area contributed by atoms with Gasteiger partial charge in [0.2, 0.25) is 0 Å². The minimum absolute atomic E-state index is 0.113. The van der Waals surface area contributed by atoms with Crippen molar-refractivity contribution in [2.75, 3.05) is 6.61 Å². The number of aromatic carboxylic acids is 1. The third-order valence-corrected chi connectivity index (χ3v) is 10.9. The first-order valence-corrected chi connectivity index (χ1v) is 21.4. The number of halogens is 4. The van der Waals surface area contributed by atoms with Crippen LogP contribution in [0, 0.1) is 13.8 Å². The van der Waals surface area contributed by atoms with Crippen molar-refractivity contribution >= 4 is 58.3 Å². The number of carbonyl (C=O) groups excluding carboxylic acids is 1. The average molecular weight is 935 g/mol. The van der Waals surface area contributed by atoms with Crippen LogP contribution in [0.1, 0.15) is 50.2 Å². The van der Waals surface area contributed by atoms with E-state index in [2.05, 4.69) is 9.97 Å². The molecule has 4 aromatic heterocycles. The van der Waals surface area contributed by atoms with Gasteiger partial charge in [0.25, 0.3) is 0 Å². The van der Waals surface area contributed by atoms with Crippen molar-refractivity contribution < 1.29 is 28.9 Å². The van der Waals surface area contributed by atoms with Crippen LogP contribution in [0.4, 0.5) is 0 Å². The van der Waals surface area contributed by atoms with Crippen molar-refractivity contribution in [1.82, 2.24) is 19.1 Å². The second-order valence-electron chi connectivity index (χ2n) is 14.4. The fraction of sp³-hybridized carbons (Fsp3) is 0.120. The number of aromatic nitrogens is 4. The molecule has 4 aromatic carbocycles. The highest BCUT2D eigenvalue weighted by Gasteiger charge is 2.19. The van der Waals surface area contributed by atoms with Gasteiger partial charge in [0.15, 0.2) is 0 Å². The first-order valence-electron chi connectivity index (χ1n) is 19.9. The Labute approximate surface area is 390 Å². The summed E-state index contributed by atoms with van der Waals surface area (Å²) in [5.41, 5.74) is 9.04. The molecule has 0 spiro atoms. The minimum Gasteiger partial charge on any atom is -0.488 e. The first-order chi connectivity index (χ1) is 30.9. The van der Waals surface area contributed by atoms with E-state index in [0.29, 0.717) is 62.7 Å². The predicted molar refractivity (Wildman–Crippen MR) is 252 cm³/mol. The summed E-state index contributed by atoms with van der Waals surface area (Å²) < 4.78 is 21.3. The van der Waals surface area contributed by atoms with Crippen LogP contribution in [0.25, 0.3) is 33.9 Å². The summed E-state index contributed by atoms with van der Waals surface area (Å²) in [7, 11) is 0. The van der Waals surface area contributed by atoms with E-state index < -0.39 is 11.9 Å². The van der Waals surface area contributed by atoms with Crippen molar-refractivity contribution in [1.29, 1.82) is 0 Å². The van der Waals surface area contributed by atoms with Crippen molar-refractivity contribution in [3.05, 3.63) is 200 Å². The zero-order valence-electron chi connectivity index (χ0n) is 34.8. The number of hydrogen-bond donors (Lipinski definition) is 1. The van der Waals surface area contributed by atoms with E-state index in [0.717, 1.165) is 50.7 Å². The zero-order valence-corrected chi connectivity index (χ0v) is 37.8. The number of rotatable bonds is 13. The van der Waals surface area contributed by atoms with E-state index in [-0.39, 0.29) is 5.56 Å². The highest BCUT2D eigenvalue weighted by molar-refractivity contribution is 6.31. The van der Waals surface area contributed by atoms with Crippen LogP contribution in [0.3, 0.4) is 0 Å². The van der Waals surface area contributed by atoms with Crippen molar-refractivity contribution in [2.24, 2.45) is 0 Å². The summed E-state index contributed by atoms with van der Waals surface area (Å²) in [5.74, 6) is -0.104. The second-order valence-corrected chi connectivity index (χ2v) is 16.1. The first kappa shape index (κ1) is 45.5. The molecule has 10 nitrogen and oxygen atoms in total. The Balaban J connectivity index is 0.000000192. The maximum absolute atomic E-state index is 12.2. The molecule has 0 unspecified atom stereocenters. The molecule has 0 saturated carbocycles. The number of ether oxygens (including phenoxy) is 3. The van der Waals surface area contributed by atoms with Crippen LogP contribution >= 0.6 is 46.4 Å². The largest absolute Gasteiger partial charge is 0.488 e. The molecule has 14 heteroatoms. The Morgan fingerprint density at radius 1 is 0.547 bits per heavy atom. The number of pyridine rings is 2. The molecule has 0 aliphatic heterocycles. The van der Waals surface area contributed by atoms with Crippen LogP contribution in [-0.4, -0.2) is 42.8 Å². The summed E-state index contributed by atoms with van der Waals surface area (Å²) in [4.78, 5) is 32.0. The number of nitrogens with zero attached hydrogens (tertiary/aromatic N) is 4. The van der Waals surface area contributed by atoms with Gasteiger partial charge >= 0.3 is 11.9 Å². The van der Waals surface area contributed by atoms with Crippen molar-refractivity contribution in [2.45, 2.75) is 34.0 Å². The number of aryl methyl sites for hydroxylation is 2. The zero-order chi connectivity index (χ0) is 45.3. The lowest BCUT2D eigenvalue weighted by atomic mass is 10.1. The molecular formula is C50H40Cl4N4O6. The molecule has 8 rings (SSSR count). The fourth-order valence-corrected chi connectivity index (χ4v) is 7.46. The number of benzene rings is 4. The monoisotopic (exact) mass is 932 g/mol. The normalized spacial score (nSPS) is 10.8. The minimum atomic E-state index is -1.03. The van der Waals surface area contributed by atoms with Crippen LogP contribution < -0.4 is 9.47 Å². The molecule has 0 radical (unpaired) electrons. The number of carboxylic acids is 1. The van der Waals surface area contributed by atoms with Crippen LogP contribution in [0.2, 0.25) is 20.1 Å². The second kappa shape index (κ2) is 20.7. The third kappa shape index (κ3) is 11.0. The Morgan fingerprint density at radius 3 is 1.41 bits per heavy atom. The number of carboxylic acid groups (broad SMARTS) is 1. The Morgan fingerprint density at radius 2 is 0.969 bits per heavy atom. The smallest absolute Gasteiger partial charge is 0.339 e. The Kier molecular flexibility index (Phi) is 14.7.